The van der Waals surface area contributed by atoms with Crippen LogP contribution in [0.1, 0.15) is 51.4 Å². The van der Waals surface area contributed by atoms with Crippen molar-refractivity contribution >= 4 is 29.7 Å². The van der Waals surface area contributed by atoms with Crippen molar-refractivity contribution in [2.24, 2.45) is 11.8 Å². The number of fused-ring (bicyclic) bond motifs is 1. The molecule has 5 amide bonds. The van der Waals surface area contributed by atoms with E-state index in [0.29, 0.717) is 12.8 Å². The second kappa shape index (κ2) is 9.67. The van der Waals surface area contributed by atoms with Crippen LogP contribution in [0, 0.1) is 11.8 Å². The van der Waals surface area contributed by atoms with E-state index in [1.807, 2.05) is 12.2 Å². The Balaban J connectivity index is 1.34. The summed E-state index contributed by atoms with van der Waals surface area (Å²) >= 11 is 0. The molecule has 29 heavy (non-hydrogen) atoms. The predicted octanol–water partition coefficient (Wildman–Crippen LogP) is 1.03. The quantitative estimate of drug-likeness (QED) is 0.387. The molecule has 1 saturated heterocycles. The molecule has 0 aromatic rings. The lowest BCUT2D eigenvalue weighted by atomic mass is 9.85. The summed E-state index contributed by atoms with van der Waals surface area (Å²) in [7, 11) is 0. The molecule has 0 radical (unpaired) electrons. The van der Waals surface area contributed by atoms with Gasteiger partial charge in [-0.3, -0.25) is 29.4 Å². The van der Waals surface area contributed by atoms with E-state index in [4.69, 9.17) is 4.74 Å². The molecular formula is C20H27N3O6. The Labute approximate surface area is 169 Å². The van der Waals surface area contributed by atoms with E-state index in [1.54, 1.807) is 0 Å². The van der Waals surface area contributed by atoms with Gasteiger partial charge >= 0.3 is 12.0 Å². The van der Waals surface area contributed by atoms with Crippen LogP contribution in [-0.2, 0) is 23.9 Å². The van der Waals surface area contributed by atoms with Crippen LogP contribution in [0.5, 0.6) is 0 Å². The van der Waals surface area contributed by atoms with Crippen molar-refractivity contribution in [1.82, 2.24) is 15.5 Å². The summed E-state index contributed by atoms with van der Waals surface area (Å²) in [5, 5.41) is 4.87. The average molecular weight is 405 g/mol. The summed E-state index contributed by atoms with van der Waals surface area (Å²) in [5.41, 5.74) is 0. The average Bonchev–Trinajstić information content (AvgIpc) is 2.96. The number of nitrogens with one attached hydrogen (secondary N) is 2. The zero-order valence-corrected chi connectivity index (χ0v) is 16.4. The first-order valence-corrected chi connectivity index (χ1v) is 10.2. The molecule has 9 nitrogen and oxygen atoms in total. The number of amides is 5. The Morgan fingerprint density at radius 2 is 1.62 bits per heavy atom. The Bertz CT molecular complexity index is 687. The van der Waals surface area contributed by atoms with Crippen molar-refractivity contribution in [2.75, 3.05) is 13.2 Å². The normalized spacial score (nSPS) is 24.2. The maximum absolute atomic E-state index is 12.3. The molecule has 2 atom stereocenters. The van der Waals surface area contributed by atoms with E-state index in [2.05, 4.69) is 10.6 Å². The van der Waals surface area contributed by atoms with E-state index in [0.717, 1.165) is 37.0 Å². The van der Waals surface area contributed by atoms with Crippen LogP contribution in [0.2, 0.25) is 0 Å². The second-order valence-corrected chi connectivity index (χ2v) is 7.75. The molecule has 3 aliphatic rings. The fourth-order valence-corrected chi connectivity index (χ4v) is 4.14. The molecule has 0 bridgehead atoms. The lowest BCUT2D eigenvalue weighted by Gasteiger charge is -2.22. The van der Waals surface area contributed by atoms with Crippen molar-refractivity contribution in [3.8, 4) is 0 Å². The van der Waals surface area contributed by atoms with Gasteiger partial charge in [0.05, 0.1) is 18.3 Å². The summed E-state index contributed by atoms with van der Waals surface area (Å²) in [6.07, 6.45) is 9.73. The molecule has 1 aliphatic heterocycles. The summed E-state index contributed by atoms with van der Waals surface area (Å²) in [6, 6.07) is -0.532. The van der Waals surface area contributed by atoms with Crippen LogP contribution in [0.3, 0.4) is 0 Å². The molecule has 1 saturated carbocycles. The zero-order chi connectivity index (χ0) is 20.8. The van der Waals surface area contributed by atoms with Gasteiger partial charge in [0.1, 0.15) is 0 Å². The molecule has 2 aliphatic carbocycles. The first-order chi connectivity index (χ1) is 14.0. The summed E-state index contributed by atoms with van der Waals surface area (Å²) < 4.78 is 4.85. The van der Waals surface area contributed by atoms with Crippen LogP contribution in [0.4, 0.5) is 4.79 Å². The number of likely N-dealkylation sites (tertiary alicyclic amines) is 1. The number of esters is 1. The minimum absolute atomic E-state index is 0.0622. The van der Waals surface area contributed by atoms with E-state index in [-0.39, 0.29) is 42.7 Å². The third kappa shape index (κ3) is 5.42. The monoisotopic (exact) mass is 405 g/mol. The first-order valence-electron chi connectivity index (χ1n) is 10.2. The molecular weight excluding hydrogens is 378 g/mol. The number of hydrogen-bond acceptors (Lipinski definition) is 6. The number of ether oxygens (including phenoxy) is 1. The standard InChI is InChI=1S/C20H27N3O6/c24-16(22-20(28)21-13-6-2-1-3-7-13)12-29-17(25)10-11-23-18(26)14-8-4-5-9-15(14)19(23)27/h4-5,13-15H,1-3,6-12H2,(H2,21,22,24,28)/t14-,15-/m1/s1. The topological polar surface area (TPSA) is 122 Å². The third-order valence-electron chi connectivity index (χ3n) is 5.70. The largest absolute Gasteiger partial charge is 0.456 e. The van der Waals surface area contributed by atoms with Crippen molar-refractivity contribution < 1.29 is 28.7 Å². The van der Waals surface area contributed by atoms with Crippen LogP contribution in [0.25, 0.3) is 0 Å². The highest BCUT2D eigenvalue weighted by Crippen LogP contribution is 2.34. The highest BCUT2D eigenvalue weighted by molar-refractivity contribution is 6.05. The Hall–Kier alpha value is -2.71. The van der Waals surface area contributed by atoms with Gasteiger partial charge in [0.2, 0.25) is 11.8 Å². The van der Waals surface area contributed by atoms with Gasteiger partial charge in [-0.1, -0.05) is 31.4 Å². The van der Waals surface area contributed by atoms with E-state index in [1.165, 1.54) is 0 Å². The number of hydrogen-bond donors (Lipinski definition) is 2. The van der Waals surface area contributed by atoms with Crippen molar-refractivity contribution in [3.63, 3.8) is 0 Å². The number of imide groups is 2. The van der Waals surface area contributed by atoms with Crippen molar-refractivity contribution in [3.05, 3.63) is 12.2 Å². The third-order valence-corrected chi connectivity index (χ3v) is 5.70. The number of carbonyl (C=O) groups excluding carboxylic acids is 5. The minimum Gasteiger partial charge on any atom is -0.456 e. The maximum atomic E-state index is 12.3. The molecule has 9 heteroatoms. The van der Waals surface area contributed by atoms with E-state index >= 15 is 0 Å². The van der Waals surface area contributed by atoms with Gasteiger partial charge in [0.25, 0.3) is 5.91 Å². The molecule has 158 valence electrons. The molecule has 1 heterocycles. The Morgan fingerprint density at radius 1 is 1.00 bits per heavy atom. The maximum Gasteiger partial charge on any atom is 0.321 e. The van der Waals surface area contributed by atoms with Crippen molar-refractivity contribution in [2.45, 2.75) is 57.4 Å². The van der Waals surface area contributed by atoms with Gasteiger partial charge < -0.3 is 10.1 Å². The second-order valence-electron chi connectivity index (χ2n) is 7.75. The number of allylic oxidation sites excluding steroid dienone is 2. The van der Waals surface area contributed by atoms with Gasteiger partial charge in [-0.15, -0.1) is 0 Å². The van der Waals surface area contributed by atoms with E-state index in [9.17, 15) is 24.0 Å². The lowest BCUT2D eigenvalue weighted by Crippen LogP contribution is -2.46. The zero-order valence-electron chi connectivity index (χ0n) is 16.4. The summed E-state index contributed by atoms with van der Waals surface area (Å²) in [6.45, 7) is -0.652. The fourth-order valence-electron chi connectivity index (χ4n) is 4.14. The van der Waals surface area contributed by atoms with Gasteiger partial charge in [-0.2, -0.15) is 0 Å². The van der Waals surface area contributed by atoms with Crippen LogP contribution in [0.15, 0.2) is 12.2 Å². The van der Waals surface area contributed by atoms with E-state index < -0.39 is 24.5 Å². The van der Waals surface area contributed by atoms with Gasteiger partial charge in [0.15, 0.2) is 6.61 Å². The molecule has 0 spiro atoms. The SMILES string of the molecule is O=C(COC(=O)CCN1C(=O)[C@@H]2CC=CC[C@H]2C1=O)NC(=O)NC1CCCCC1. The minimum atomic E-state index is -0.725. The summed E-state index contributed by atoms with van der Waals surface area (Å²) in [4.78, 5) is 61.2. The molecule has 0 unspecified atom stereocenters. The van der Waals surface area contributed by atoms with Crippen molar-refractivity contribution in [1.29, 1.82) is 0 Å². The molecule has 3 rings (SSSR count). The van der Waals surface area contributed by atoms with Crippen LogP contribution in [-0.4, -0.2) is 53.8 Å². The molecule has 0 aromatic carbocycles. The van der Waals surface area contributed by atoms with Crippen LogP contribution < -0.4 is 10.6 Å². The number of carbonyl (C=O) groups is 5. The number of rotatable bonds is 6. The first kappa shape index (κ1) is 21.0. The van der Waals surface area contributed by atoms with Crippen LogP contribution >= 0.6 is 0 Å². The molecule has 0 aromatic heterocycles. The van der Waals surface area contributed by atoms with Gasteiger partial charge in [-0.25, -0.2) is 4.79 Å². The molecule has 2 N–H and O–H groups in total. The summed E-state index contributed by atoms with van der Waals surface area (Å²) in [5.74, 6) is -2.61. The predicted molar refractivity (Wildman–Crippen MR) is 101 cm³/mol. The molecule has 2 fully saturated rings. The Kier molecular flexibility index (Phi) is 7.00. The van der Waals surface area contributed by atoms with Gasteiger partial charge in [-0.05, 0) is 25.7 Å². The highest BCUT2D eigenvalue weighted by Gasteiger charge is 2.46. The van der Waals surface area contributed by atoms with Gasteiger partial charge in [0, 0.05) is 12.6 Å². The fraction of sp³-hybridized carbons (Fsp3) is 0.650. The Morgan fingerprint density at radius 3 is 2.24 bits per heavy atom. The number of nitrogens with zero attached hydrogens (tertiary/aromatic N) is 1. The smallest absolute Gasteiger partial charge is 0.321 e. The highest BCUT2D eigenvalue weighted by atomic mass is 16.5. The lowest BCUT2D eigenvalue weighted by molar-refractivity contribution is -0.149. The number of urea groups is 1.